The van der Waals surface area contributed by atoms with Crippen LogP contribution in [-0.4, -0.2) is 42.7 Å². The molecule has 0 aromatic carbocycles. The van der Waals surface area contributed by atoms with Crippen LogP contribution in [0.1, 0.15) is 17.6 Å². The lowest BCUT2D eigenvalue weighted by molar-refractivity contribution is 0.0435. The van der Waals surface area contributed by atoms with Crippen LogP contribution in [0.3, 0.4) is 0 Å². The van der Waals surface area contributed by atoms with Crippen LogP contribution in [0.4, 0.5) is 0 Å². The van der Waals surface area contributed by atoms with E-state index in [0.717, 1.165) is 23.8 Å². The van der Waals surface area contributed by atoms with Crippen LogP contribution in [-0.2, 0) is 11.3 Å². The first-order chi connectivity index (χ1) is 7.65. The maximum atomic E-state index is 5.64. The van der Waals surface area contributed by atoms with Crippen LogP contribution in [0, 0.1) is 6.92 Å². The summed E-state index contributed by atoms with van der Waals surface area (Å²) in [7, 11) is 2.07. The Morgan fingerprint density at radius 1 is 1.62 bits per heavy atom. The fourth-order valence-electron chi connectivity index (χ4n) is 1.60. The first-order valence-corrected chi connectivity index (χ1v) is 6.44. The molecule has 0 radical (unpaired) electrons. The molecule has 0 saturated heterocycles. The average molecular weight is 243 g/mol. The van der Waals surface area contributed by atoms with Crippen molar-refractivity contribution in [3.8, 4) is 0 Å². The zero-order chi connectivity index (χ0) is 12.0. The van der Waals surface area contributed by atoms with E-state index in [1.165, 1.54) is 0 Å². The average Bonchev–Trinajstić information content (AvgIpc) is 2.63. The first kappa shape index (κ1) is 13.6. The third-order valence-electron chi connectivity index (χ3n) is 2.28. The standard InChI is InChI=1S/C11H21N3OS/c1-4-15-11(5-12)7-14(3)6-10-8-16-9(2)13-10/h8,11H,4-7,12H2,1-3H3. The van der Waals surface area contributed by atoms with Gasteiger partial charge in [0.2, 0.25) is 0 Å². The molecule has 0 amide bonds. The van der Waals surface area contributed by atoms with Crippen molar-refractivity contribution in [2.45, 2.75) is 26.5 Å². The molecule has 4 nitrogen and oxygen atoms in total. The highest BCUT2D eigenvalue weighted by atomic mass is 32.1. The zero-order valence-electron chi connectivity index (χ0n) is 10.3. The molecule has 0 bridgehead atoms. The summed E-state index contributed by atoms with van der Waals surface area (Å²) < 4.78 is 5.52. The van der Waals surface area contributed by atoms with Gasteiger partial charge in [-0.2, -0.15) is 0 Å². The lowest BCUT2D eigenvalue weighted by atomic mass is 10.3. The number of aryl methyl sites for hydroxylation is 1. The van der Waals surface area contributed by atoms with Crippen molar-refractivity contribution >= 4 is 11.3 Å². The van der Waals surface area contributed by atoms with Crippen molar-refractivity contribution in [1.29, 1.82) is 0 Å². The summed E-state index contributed by atoms with van der Waals surface area (Å²) in [6.07, 6.45) is 0.120. The lowest BCUT2D eigenvalue weighted by Crippen LogP contribution is -2.36. The Morgan fingerprint density at radius 2 is 2.38 bits per heavy atom. The Kier molecular flexibility index (Phi) is 5.90. The molecule has 0 aliphatic heterocycles. The molecule has 1 aromatic rings. The predicted octanol–water partition coefficient (Wildman–Crippen LogP) is 1.25. The van der Waals surface area contributed by atoms with E-state index in [2.05, 4.69) is 22.3 Å². The van der Waals surface area contributed by atoms with Crippen molar-refractivity contribution in [3.05, 3.63) is 16.1 Å². The molecular formula is C11H21N3OS. The number of nitrogens with two attached hydrogens (primary N) is 1. The van der Waals surface area contributed by atoms with E-state index in [1.807, 2.05) is 13.8 Å². The maximum absolute atomic E-state index is 5.64. The normalized spacial score (nSPS) is 13.3. The molecule has 1 aromatic heterocycles. The maximum Gasteiger partial charge on any atom is 0.0897 e. The fourth-order valence-corrected chi connectivity index (χ4v) is 2.20. The number of nitrogens with zero attached hydrogens (tertiary/aromatic N) is 2. The summed E-state index contributed by atoms with van der Waals surface area (Å²) in [6, 6.07) is 0. The molecule has 0 saturated carbocycles. The minimum Gasteiger partial charge on any atom is -0.376 e. The molecule has 0 spiro atoms. The van der Waals surface area contributed by atoms with Crippen LogP contribution in [0.25, 0.3) is 0 Å². The van der Waals surface area contributed by atoms with Crippen molar-refractivity contribution in [1.82, 2.24) is 9.88 Å². The van der Waals surface area contributed by atoms with Gasteiger partial charge in [0.1, 0.15) is 0 Å². The predicted molar refractivity (Wildman–Crippen MR) is 67.7 cm³/mol. The summed E-state index contributed by atoms with van der Waals surface area (Å²) in [4.78, 5) is 6.63. The SMILES string of the molecule is CCOC(CN)CN(C)Cc1csc(C)n1. The summed E-state index contributed by atoms with van der Waals surface area (Å²) in [5.41, 5.74) is 6.76. The Hall–Kier alpha value is -0.490. The third kappa shape index (κ3) is 4.57. The van der Waals surface area contributed by atoms with Crippen molar-refractivity contribution in [2.75, 3.05) is 26.7 Å². The van der Waals surface area contributed by atoms with Gasteiger partial charge in [0, 0.05) is 31.6 Å². The van der Waals surface area contributed by atoms with E-state index in [1.54, 1.807) is 11.3 Å². The molecule has 92 valence electrons. The minimum absolute atomic E-state index is 0.120. The molecule has 0 aliphatic rings. The molecule has 2 N–H and O–H groups in total. The highest BCUT2D eigenvalue weighted by molar-refractivity contribution is 7.09. The topological polar surface area (TPSA) is 51.4 Å². The van der Waals surface area contributed by atoms with Gasteiger partial charge in [0.15, 0.2) is 0 Å². The van der Waals surface area contributed by atoms with E-state index in [0.29, 0.717) is 13.2 Å². The molecule has 0 fully saturated rings. The van der Waals surface area contributed by atoms with Crippen LogP contribution < -0.4 is 5.73 Å². The van der Waals surface area contributed by atoms with Gasteiger partial charge in [-0.25, -0.2) is 4.98 Å². The molecule has 1 rings (SSSR count). The van der Waals surface area contributed by atoms with Crippen LogP contribution in [0.2, 0.25) is 0 Å². The molecular weight excluding hydrogens is 222 g/mol. The van der Waals surface area contributed by atoms with Gasteiger partial charge in [-0.3, -0.25) is 4.90 Å². The largest absolute Gasteiger partial charge is 0.376 e. The molecule has 5 heteroatoms. The summed E-state index contributed by atoms with van der Waals surface area (Å²) in [5.74, 6) is 0. The second-order valence-electron chi connectivity index (χ2n) is 3.87. The van der Waals surface area contributed by atoms with Crippen molar-refractivity contribution in [2.24, 2.45) is 5.73 Å². The molecule has 16 heavy (non-hydrogen) atoms. The van der Waals surface area contributed by atoms with E-state index < -0.39 is 0 Å². The number of likely N-dealkylation sites (N-methyl/N-ethyl adjacent to an activating group) is 1. The summed E-state index contributed by atoms with van der Waals surface area (Å²) in [6.45, 7) is 7.00. The van der Waals surface area contributed by atoms with Gasteiger partial charge in [0.25, 0.3) is 0 Å². The second-order valence-corrected chi connectivity index (χ2v) is 4.93. The fraction of sp³-hybridized carbons (Fsp3) is 0.727. The highest BCUT2D eigenvalue weighted by Gasteiger charge is 2.11. The quantitative estimate of drug-likeness (QED) is 0.783. The number of hydrogen-bond acceptors (Lipinski definition) is 5. The van der Waals surface area contributed by atoms with E-state index in [9.17, 15) is 0 Å². The number of thiazole rings is 1. The number of aromatic nitrogens is 1. The van der Waals surface area contributed by atoms with Crippen LogP contribution in [0.5, 0.6) is 0 Å². The van der Waals surface area contributed by atoms with Gasteiger partial charge in [-0.1, -0.05) is 0 Å². The van der Waals surface area contributed by atoms with Crippen LogP contribution in [0.15, 0.2) is 5.38 Å². The van der Waals surface area contributed by atoms with Gasteiger partial charge in [-0.05, 0) is 20.9 Å². The monoisotopic (exact) mass is 243 g/mol. The number of rotatable bonds is 7. The molecule has 1 atom stereocenters. The highest BCUT2D eigenvalue weighted by Crippen LogP contribution is 2.10. The summed E-state index contributed by atoms with van der Waals surface area (Å²) in [5, 5.41) is 3.22. The summed E-state index contributed by atoms with van der Waals surface area (Å²) >= 11 is 1.69. The van der Waals surface area contributed by atoms with Gasteiger partial charge < -0.3 is 10.5 Å². The number of ether oxygens (including phenoxy) is 1. The van der Waals surface area contributed by atoms with E-state index in [-0.39, 0.29) is 6.10 Å². The molecule has 1 unspecified atom stereocenters. The van der Waals surface area contributed by atoms with E-state index in [4.69, 9.17) is 10.5 Å². The lowest BCUT2D eigenvalue weighted by Gasteiger charge is -2.22. The van der Waals surface area contributed by atoms with Crippen molar-refractivity contribution in [3.63, 3.8) is 0 Å². The molecule has 0 aliphatic carbocycles. The van der Waals surface area contributed by atoms with Gasteiger partial charge in [0.05, 0.1) is 16.8 Å². The Balaban J connectivity index is 2.37. The Morgan fingerprint density at radius 3 is 2.88 bits per heavy atom. The first-order valence-electron chi connectivity index (χ1n) is 5.57. The Bertz CT molecular complexity index is 303. The van der Waals surface area contributed by atoms with Gasteiger partial charge in [-0.15, -0.1) is 11.3 Å². The zero-order valence-corrected chi connectivity index (χ0v) is 11.1. The van der Waals surface area contributed by atoms with Gasteiger partial charge >= 0.3 is 0 Å². The smallest absolute Gasteiger partial charge is 0.0897 e. The Labute approximate surface area is 101 Å². The molecule has 1 heterocycles. The second kappa shape index (κ2) is 6.96. The number of hydrogen-bond donors (Lipinski definition) is 1. The van der Waals surface area contributed by atoms with Crippen molar-refractivity contribution < 1.29 is 4.74 Å². The third-order valence-corrected chi connectivity index (χ3v) is 3.10. The van der Waals surface area contributed by atoms with Crippen LogP contribution >= 0.6 is 11.3 Å². The minimum atomic E-state index is 0.120. The van der Waals surface area contributed by atoms with E-state index >= 15 is 0 Å².